The molecule has 0 aromatic rings. The Morgan fingerprint density at radius 2 is 1.86 bits per heavy atom. The predicted molar refractivity (Wildman–Crippen MR) is 80.8 cm³/mol. The number of carbonyl (C=O) groups is 2. The molecule has 5 heteroatoms. The second-order valence-electron chi connectivity index (χ2n) is 7.06. The molecule has 21 heavy (non-hydrogen) atoms. The molecule has 0 spiro atoms. The van der Waals surface area contributed by atoms with E-state index in [9.17, 15) is 9.59 Å². The highest BCUT2D eigenvalue weighted by Gasteiger charge is 2.50. The van der Waals surface area contributed by atoms with Gasteiger partial charge in [-0.25, -0.2) is 4.79 Å². The normalized spacial score (nSPS) is 29.1. The molecule has 2 amide bonds. The number of hydrogen-bond donors (Lipinski definition) is 1. The Morgan fingerprint density at radius 3 is 2.38 bits per heavy atom. The van der Waals surface area contributed by atoms with Gasteiger partial charge < -0.3 is 15.0 Å². The summed E-state index contributed by atoms with van der Waals surface area (Å²) in [5.74, 6) is 1.19. The number of alkyl carbamates (subject to hydrolysis) is 1. The number of ether oxygens (including phenoxy) is 1. The average Bonchev–Trinajstić information content (AvgIpc) is 3.03. The Labute approximate surface area is 127 Å². The molecule has 2 fully saturated rings. The molecule has 1 aliphatic heterocycles. The van der Waals surface area contributed by atoms with Gasteiger partial charge >= 0.3 is 6.09 Å². The summed E-state index contributed by atoms with van der Waals surface area (Å²) < 4.78 is 4.66. The van der Waals surface area contributed by atoms with Crippen LogP contribution in [0.25, 0.3) is 0 Å². The van der Waals surface area contributed by atoms with Crippen molar-refractivity contribution in [2.24, 2.45) is 17.8 Å². The van der Waals surface area contributed by atoms with Crippen LogP contribution < -0.4 is 5.32 Å². The van der Waals surface area contributed by atoms with Crippen LogP contribution in [0.1, 0.15) is 47.0 Å². The van der Waals surface area contributed by atoms with Crippen LogP contribution in [0.3, 0.4) is 0 Å². The Morgan fingerprint density at radius 1 is 1.19 bits per heavy atom. The topological polar surface area (TPSA) is 58.6 Å². The van der Waals surface area contributed by atoms with Crippen LogP contribution >= 0.6 is 0 Å². The van der Waals surface area contributed by atoms with Crippen LogP contribution in [0.15, 0.2) is 0 Å². The average molecular weight is 296 g/mol. The van der Waals surface area contributed by atoms with Crippen molar-refractivity contribution in [3.63, 3.8) is 0 Å². The summed E-state index contributed by atoms with van der Waals surface area (Å²) in [6, 6.07) is 0.172. The van der Waals surface area contributed by atoms with E-state index in [-0.39, 0.29) is 11.8 Å². The zero-order valence-electron chi connectivity index (χ0n) is 13.8. The smallest absolute Gasteiger partial charge is 0.407 e. The third-order valence-corrected chi connectivity index (χ3v) is 4.97. The Kier molecular flexibility index (Phi) is 4.79. The number of piperidine rings is 1. The number of methoxy groups -OCH3 is 1. The van der Waals surface area contributed by atoms with E-state index in [0.717, 1.165) is 12.8 Å². The summed E-state index contributed by atoms with van der Waals surface area (Å²) in [5, 5.41) is 2.71. The number of amides is 2. The Hall–Kier alpha value is -1.26. The molecule has 1 heterocycles. The van der Waals surface area contributed by atoms with Crippen molar-refractivity contribution in [1.82, 2.24) is 10.2 Å². The van der Waals surface area contributed by atoms with Gasteiger partial charge in [0, 0.05) is 12.1 Å². The van der Waals surface area contributed by atoms with Crippen molar-refractivity contribution in [2.45, 2.75) is 65.1 Å². The lowest BCUT2D eigenvalue weighted by molar-refractivity contribution is -0.140. The number of hydrogen-bond acceptors (Lipinski definition) is 3. The predicted octanol–water partition coefficient (Wildman–Crippen LogP) is 2.40. The van der Waals surface area contributed by atoms with Gasteiger partial charge in [-0.05, 0) is 37.0 Å². The first-order valence-corrected chi connectivity index (χ1v) is 8.03. The second kappa shape index (κ2) is 6.24. The van der Waals surface area contributed by atoms with Gasteiger partial charge in [0.05, 0.1) is 7.11 Å². The number of likely N-dealkylation sites (tertiary alicyclic amines) is 1. The van der Waals surface area contributed by atoms with Crippen molar-refractivity contribution in [3.05, 3.63) is 0 Å². The minimum Gasteiger partial charge on any atom is -0.453 e. The van der Waals surface area contributed by atoms with Gasteiger partial charge in [0.15, 0.2) is 0 Å². The van der Waals surface area contributed by atoms with Gasteiger partial charge in [0.1, 0.15) is 6.04 Å². The zero-order valence-corrected chi connectivity index (χ0v) is 13.8. The summed E-state index contributed by atoms with van der Waals surface area (Å²) >= 11 is 0. The van der Waals surface area contributed by atoms with Gasteiger partial charge in [0.2, 0.25) is 5.91 Å². The van der Waals surface area contributed by atoms with Crippen LogP contribution in [0.2, 0.25) is 0 Å². The fourth-order valence-electron chi connectivity index (χ4n) is 4.08. The molecular weight excluding hydrogens is 268 g/mol. The van der Waals surface area contributed by atoms with E-state index in [1.807, 2.05) is 13.8 Å². The van der Waals surface area contributed by atoms with Gasteiger partial charge in [-0.1, -0.05) is 27.7 Å². The largest absolute Gasteiger partial charge is 0.453 e. The van der Waals surface area contributed by atoms with Crippen molar-refractivity contribution in [1.29, 1.82) is 0 Å². The maximum Gasteiger partial charge on any atom is 0.407 e. The maximum atomic E-state index is 13.0. The monoisotopic (exact) mass is 296 g/mol. The molecule has 1 saturated carbocycles. The van der Waals surface area contributed by atoms with Crippen molar-refractivity contribution in [3.8, 4) is 0 Å². The first kappa shape index (κ1) is 16.1. The molecule has 1 aliphatic carbocycles. The number of carbonyl (C=O) groups excluding carboxylic acids is 2. The van der Waals surface area contributed by atoms with E-state index in [1.165, 1.54) is 13.5 Å². The molecule has 1 saturated heterocycles. The van der Waals surface area contributed by atoms with E-state index in [2.05, 4.69) is 28.8 Å². The van der Waals surface area contributed by atoms with Crippen molar-refractivity contribution >= 4 is 12.0 Å². The van der Waals surface area contributed by atoms with Crippen molar-refractivity contribution in [2.75, 3.05) is 7.11 Å². The molecule has 4 atom stereocenters. The minimum atomic E-state index is -0.535. The fraction of sp³-hybridized carbons (Fsp3) is 0.875. The molecule has 0 aromatic carbocycles. The molecule has 120 valence electrons. The Bertz CT molecular complexity index is 408. The lowest BCUT2D eigenvalue weighted by Crippen LogP contribution is -2.57. The molecule has 2 bridgehead atoms. The summed E-state index contributed by atoms with van der Waals surface area (Å²) in [4.78, 5) is 26.6. The van der Waals surface area contributed by atoms with Crippen LogP contribution in [-0.2, 0) is 9.53 Å². The van der Waals surface area contributed by atoms with E-state index in [4.69, 9.17) is 0 Å². The molecular formula is C16H28N2O3. The van der Waals surface area contributed by atoms with E-state index < -0.39 is 12.1 Å². The SMILES string of the molecule is COC(=O)N[C@H](C(=O)N1C(C(C)C)[C@@H]2CC[C@H]1C2)C(C)C. The maximum absolute atomic E-state index is 13.0. The highest BCUT2D eigenvalue weighted by Crippen LogP contribution is 2.45. The first-order chi connectivity index (χ1) is 9.86. The summed E-state index contributed by atoms with van der Waals surface area (Å²) in [6.45, 7) is 8.28. The van der Waals surface area contributed by atoms with E-state index in [1.54, 1.807) is 0 Å². The quantitative estimate of drug-likeness (QED) is 0.866. The fourth-order valence-corrected chi connectivity index (χ4v) is 4.08. The number of nitrogens with zero attached hydrogens (tertiary/aromatic N) is 1. The lowest BCUT2D eigenvalue weighted by Gasteiger charge is -2.40. The summed E-state index contributed by atoms with van der Waals surface area (Å²) in [7, 11) is 1.33. The van der Waals surface area contributed by atoms with E-state index >= 15 is 0 Å². The highest BCUT2D eigenvalue weighted by atomic mass is 16.5. The molecule has 0 aromatic heterocycles. The highest BCUT2D eigenvalue weighted by molar-refractivity contribution is 5.86. The molecule has 5 nitrogen and oxygen atoms in total. The first-order valence-electron chi connectivity index (χ1n) is 8.03. The van der Waals surface area contributed by atoms with Gasteiger partial charge in [-0.15, -0.1) is 0 Å². The van der Waals surface area contributed by atoms with Gasteiger partial charge in [-0.3, -0.25) is 4.79 Å². The summed E-state index contributed by atoms with van der Waals surface area (Å²) in [6.07, 6.45) is 2.92. The van der Waals surface area contributed by atoms with Gasteiger partial charge in [-0.2, -0.15) is 0 Å². The number of rotatable bonds is 4. The van der Waals surface area contributed by atoms with Crippen molar-refractivity contribution < 1.29 is 14.3 Å². The molecule has 1 unspecified atom stereocenters. The standard InChI is InChI=1S/C16H28N2O3/c1-9(2)13(17-16(20)21-5)15(19)18-12-7-6-11(8-12)14(18)10(3)4/h9-14H,6-8H2,1-5H3,(H,17,20)/t11-,12+,13+,14?/m1/s1. The van der Waals surface area contributed by atoms with Crippen LogP contribution in [0.4, 0.5) is 4.79 Å². The molecule has 0 radical (unpaired) electrons. The third kappa shape index (κ3) is 3.01. The third-order valence-electron chi connectivity index (χ3n) is 4.97. The lowest BCUT2D eigenvalue weighted by atomic mass is 9.88. The molecule has 2 rings (SSSR count). The van der Waals surface area contributed by atoms with Crippen LogP contribution in [0, 0.1) is 17.8 Å². The summed E-state index contributed by atoms with van der Waals surface area (Å²) in [5.41, 5.74) is 0. The Balaban J connectivity index is 2.17. The van der Waals surface area contributed by atoms with E-state index in [0.29, 0.717) is 23.9 Å². The number of nitrogens with one attached hydrogen (secondary N) is 1. The van der Waals surface area contributed by atoms with Crippen LogP contribution in [0.5, 0.6) is 0 Å². The zero-order chi connectivity index (χ0) is 15.7. The molecule has 2 aliphatic rings. The van der Waals surface area contributed by atoms with Gasteiger partial charge in [0.25, 0.3) is 0 Å². The number of fused-ring (bicyclic) bond motifs is 2. The minimum absolute atomic E-state index is 0.0449. The van der Waals surface area contributed by atoms with Crippen LogP contribution in [-0.4, -0.2) is 42.1 Å². The second-order valence-corrected chi connectivity index (χ2v) is 7.06. The molecule has 1 N–H and O–H groups in total.